The number of esters is 1. The van der Waals surface area contributed by atoms with Crippen molar-refractivity contribution in [2.24, 2.45) is 5.73 Å². The molecule has 0 aliphatic rings. The monoisotopic (exact) mass is 211 g/mol. The SMILES string of the molecule is CCOC(=O)c1cc(C(N)=O)n(CC)n1. The van der Waals surface area contributed by atoms with E-state index in [2.05, 4.69) is 5.10 Å². The predicted octanol–water partition coefficient (Wildman–Crippen LogP) is 0.179. The van der Waals surface area contributed by atoms with Crippen molar-refractivity contribution in [1.82, 2.24) is 9.78 Å². The van der Waals surface area contributed by atoms with Crippen molar-refractivity contribution in [3.63, 3.8) is 0 Å². The summed E-state index contributed by atoms with van der Waals surface area (Å²) in [7, 11) is 0. The van der Waals surface area contributed by atoms with Crippen LogP contribution in [0, 0.1) is 0 Å². The van der Waals surface area contributed by atoms with Gasteiger partial charge in [-0.15, -0.1) is 0 Å². The lowest BCUT2D eigenvalue weighted by Crippen LogP contribution is -2.16. The molecule has 0 aliphatic carbocycles. The molecule has 1 aromatic heterocycles. The third kappa shape index (κ3) is 2.34. The molecule has 1 amide bonds. The molecule has 0 aliphatic heterocycles. The Labute approximate surface area is 87.0 Å². The first-order valence-corrected chi connectivity index (χ1v) is 4.64. The molecule has 1 aromatic rings. The van der Waals surface area contributed by atoms with Crippen LogP contribution >= 0.6 is 0 Å². The van der Waals surface area contributed by atoms with Crippen molar-refractivity contribution in [2.75, 3.05) is 6.61 Å². The third-order valence-electron chi connectivity index (χ3n) is 1.82. The van der Waals surface area contributed by atoms with E-state index in [0.29, 0.717) is 6.54 Å². The minimum atomic E-state index is -0.611. The summed E-state index contributed by atoms with van der Waals surface area (Å²) in [5.74, 6) is -1.16. The quantitative estimate of drug-likeness (QED) is 0.719. The molecule has 0 aromatic carbocycles. The molecule has 6 nitrogen and oxygen atoms in total. The highest BCUT2D eigenvalue weighted by atomic mass is 16.5. The fraction of sp³-hybridized carbons (Fsp3) is 0.444. The van der Waals surface area contributed by atoms with E-state index in [1.807, 2.05) is 0 Å². The third-order valence-corrected chi connectivity index (χ3v) is 1.82. The van der Waals surface area contributed by atoms with Crippen molar-refractivity contribution in [1.29, 1.82) is 0 Å². The highest BCUT2D eigenvalue weighted by Crippen LogP contribution is 2.05. The Morgan fingerprint density at radius 3 is 2.60 bits per heavy atom. The molecule has 2 N–H and O–H groups in total. The molecule has 0 saturated carbocycles. The van der Waals surface area contributed by atoms with Gasteiger partial charge in [-0.2, -0.15) is 5.10 Å². The molecule has 1 rings (SSSR count). The van der Waals surface area contributed by atoms with E-state index < -0.39 is 11.9 Å². The van der Waals surface area contributed by atoms with Gasteiger partial charge in [0.05, 0.1) is 6.61 Å². The number of hydrogen-bond acceptors (Lipinski definition) is 4. The van der Waals surface area contributed by atoms with Gasteiger partial charge >= 0.3 is 5.97 Å². The minimum Gasteiger partial charge on any atom is -0.461 e. The fourth-order valence-electron chi connectivity index (χ4n) is 1.16. The van der Waals surface area contributed by atoms with Crippen LogP contribution in [-0.4, -0.2) is 28.3 Å². The van der Waals surface area contributed by atoms with Gasteiger partial charge in [0.1, 0.15) is 5.69 Å². The van der Waals surface area contributed by atoms with Gasteiger partial charge in [0.25, 0.3) is 5.91 Å². The maximum Gasteiger partial charge on any atom is 0.358 e. The lowest BCUT2D eigenvalue weighted by Gasteiger charge is -1.98. The van der Waals surface area contributed by atoms with Crippen molar-refractivity contribution < 1.29 is 14.3 Å². The molecule has 0 radical (unpaired) electrons. The van der Waals surface area contributed by atoms with E-state index in [-0.39, 0.29) is 18.0 Å². The molecule has 6 heteroatoms. The Bertz CT molecular complexity index is 384. The topological polar surface area (TPSA) is 87.2 Å². The zero-order valence-electron chi connectivity index (χ0n) is 8.69. The maximum absolute atomic E-state index is 11.3. The van der Waals surface area contributed by atoms with Crippen LogP contribution in [-0.2, 0) is 11.3 Å². The van der Waals surface area contributed by atoms with Gasteiger partial charge in [-0.25, -0.2) is 4.79 Å². The molecule has 1 heterocycles. The lowest BCUT2D eigenvalue weighted by molar-refractivity contribution is 0.0518. The summed E-state index contributed by atoms with van der Waals surface area (Å²) in [6.45, 7) is 4.24. The number of ether oxygens (including phenoxy) is 1. The molecule has 0 bridgehead atoms. The van der Waals surface area contributed by atoms with E-state index in [1.165, 1.54) is 10.7 Å². The van der Waals surface area contributed by atoms with Gasteiger partial charge in [0.15, 0.2) is 5.69 Å². The van der Waals surface area contributed by atoms with Crippen LogP contribution in [0.3, 0.4) is 0 Å². The number of amides is 1. The number of aromatic nitrogens is 2. The number of carbonyl (C=O) groups is 2. The number of aryl methyl sites for hydroxylation is 1. The number of rotatable bonds is 4. The Morgan fingerprint density at radius 1 is 1.53 bits per heavy atom. The molecular weight excluding hydrogens is 198 g/mol. The standard InChI is InChI=1S/C9H13N3O3/c1-3-12-7(8(10)13)5-6(11-12)9(14)15-4-2/h5H,3-4H2,1-2H3,(H2,10,13). The van der Waals surface area contributed by atoms with E-state index in [4.69, 9.17) is 10.5 Å². The Kier molecular flexibility index (Phi) is 3.43. The summed E-state index contributed by atoms with van der Waals surface area (Å²) < 4.78 is 6.12. The Hall–Kier alpha value is -1.85. The summed E-state index contributed by atoms with van der Waals surface area (Å²) in [6.07, 6.45) is 0. The first-order valence-electron chi connectivity index (χ1n) is 4.64. The van der Waals surface area contributed by atoms with Crippen LogP contribution in [0.4, 0.5) is 0 Å². The van der Waals surface area contributed by atoms with Crippen molar-refractivity contribution in [3.05, 3.63) is 17.5 Å². The van der Waals surface area contributed by atoms with Gasteiger partial charge in [-0.05, 0) is 13.8 Å². The zero-order valence-corrected chi connectivity index (χ0v) is 8.69. The normalized spacial score (nSPS) is 10.0. The molecule has 0 unspecified atom stereocenters. The van der Waals surface area contributed by atoms with Gasteiger partial charge in [-0.3, -0.25) is 9.48 Å². The number of nitrogens with two attached hydrogens (primary N) is 1. The van der Waals surface area contributed by atoms with E-state index in [0.717, 1.165) is 0 Å². The molecule has 15 heavy (non-hydrogen) atoms. The van der Waals surface area contributed by atoms with E-state index in [1.54, 1.807) is 13.8 Å². The second-order valence-electron chi connectivity index (χ2n) is 2.82. The second kappa shape index (κ2) is 4.59. The molecule has 0 atom stereocenters. The fourth-order valence-corrected chi connectivity index (χ4v) is 1.16. The molecule has 0 saturated heterocycles. The van der Waals surface area contributed by atoms with Crippen molar-refractivity contribution in [2.45, 2.75) is 20.4 Å². The number of primary amides is 1. The highest BCUT2D eigenvalue weighted by molar-refractivity contribution is 5.95. The summed E-state index contributed by atoms with van der Waals surface area (Å²) in [5, 5.41) is 3.91. The average molecular weight is 211 g/mol. The number of hydrogen-bond donors (Lipinski definition) is 1. The number of carbonyl (C=O) groups excluding carboxylic acids is 2. The van der Waals surface area contributed by atoms with Crippen LogP contribution in [0.15, 0.2) is 6.07 Å². The maximum atomic E-state index is 11.3. The van der Waals surface area contributed by atoms with Crippen molar-refractivity contribution >= 4 is 11.9 Å². The van der Waals surface area contributed by atoms with Gasteiger partial charge < -0.3 is 10.5 Å². The second-order valence-corrected chi connectivity index (χ2v) is 2.82. The Morgan fingerprint density at radius 2 is 2.20 bits per heavy atom. The van der Waals surface area contributed by atoms with Crippen LogP contribution in [0.2, 0.25) is 0 Å². The molecular formula is C9H13N3O3. The summed E-state index contributed by atoms with van der Waals surface area (Å²) in [5.41, 5.74) is 5.44. The molecule has 0 spiro atoms. The lowest BCUT2D eigenvalue weighted by atomic mass is 10.3. The zero-order chi connectivity index (χ0) is 11.4. The van der Waals surface area contributed by atoms with Crippen LogP contribution < -0.4 is 5.73 Å². The first-order chi connectivity index (χ1) is 7.10. The largest absolute Gasteiger partial charge is 0.461 e. The van der Waals surface area contributed by atoms with Crippen LogP contribution in [0.5, 0.6) is 0 Å². The van der Waals surface area contributed by atoms with Gasteiger partial charge in [0, 0.05) is 12.6 Å². The minimum absolute atomic E-state index is 0.104. The van der Waals surface area contributed by atoms with Gasteiger partial charge in [-0.1, -0.05) is 0 Å². The molecule has 82 valence electrons. The van der Waals surface area contributed by atoms with Crippen molar-refractivity contribution in [3.8, 4) is 0 Å². The van der Waals surface area contributed by atoms with Crippen LogP contribution in [0.25, 0.3) is 0 Å². The summed E-state index contributed by atoms with van der Waals surface area (Å²) in [4.78, 5) is 22.3. The first kappa shape index (κ1) is 11.2. The average Bonchev–Trinajstić information content (AvgIpc) is 2.61. The summed E-state index contributed by atoms with van der Waals surface area (Å²) in [6, 6.07) is 1.34. The van der Waals surface area contributed by atoms with E-state index in [9.17, 15) is 9.59 Å². The van der Waals surface area contributed by atoms with E-state index >= 15 is 0 Å². The smallest absolute Gasteiger partial charge is 0.358 e. The predicted molar refractivity (Wildman–Crippen MR) is 52.4 cm³/mol. The van der Waals surface area contributed by atoms with Gasteiger partial charge in [0.2, 0.25) is 0 Å². The summed E-state index contributed by atoms with van der Waals surface area (Å²) >= 11 is 0. The number of nitrogens with zero attached hydrogens (tertiary/aromatic N) is 2. The Balaban J connectivity index is 3.02. The molecule has 0 fully saturated rings. The highest BCUT2D eigenvalue weighted by Gasteiger charge is 2.17. The van der Waals surface area contributed by atoms with Crippen LogP contribution in [0.1, 0.15) is 34.8 Å².